The van der Waals surface area contributed by atoms with Crippen LogP contribution in [0, 0.1) is 6.92 Å². The highest BCUT2D eigenvalue weighted by Crippen LogP contribution is 2.34. The zero-order valence-corrected chi connectivity index (χ0v) is 15.0. The molecular formula is C20H23NO4. The van der Waals surface area contributed by atoms with Gasteiger partial charge in [-0.05, 0) is 24.6 Å². The number of nitrogens with one attached hydrogen (secondary N) is 1. The molecule has 2 rings (SSSR count). The lowest BCUT2D eigenvalue weighted by Gasteiger charge is -2.14. The van der Waals surface area contributed by atoms with Crippen LogP contribution in [0.5, 0.6) is 17.2 Å². The number of hydrogen-bond acceptors (Lipinski definition) is 4. The zero-order valence-electron chi connectivity index (χ0n) is 15.0. The van der Waals surface area contributed by atoms with E-state index in [4.69, 9.17) is 14.2 Å². The van der Waals surface area contributed by atoms with Gasteiger partial charge >= 0.3 is 0 Å². The van der Waals surface area contributed by atoms with Crippen LogP contribution < -0.4 is 19.5 Å². The van der Waals surface area contributed by atoms with Gasteiger partial charge in [-0.15, -0.1) is 0 Å². The van der Waals surface area contributed by atoms with Crippen molar-refractivity contribution < 1.29 is 19.0 Å². The van der Waals surface area contributed by atoms with Crippen molar-refractivity contribution in [2.45, 2.75) is 13.5 Å². The molecule has 0 saturated heterocycles. The van der Waals surface area contributed by atoms with Gasteiger partial charge in [-0.2, -0.15) is 0 Å². The van der Waals surface area contributed by atoms with Crippen LogP contribution in [0.25, 0.3) is 6.08 Å². The normalized spacial score (nSPS) is 10.6. The minimum absolute atomic E-state index is 0.183. The van der Waals surface area contributed by atoms with E-state index in [1.54, 1.807) is 39.5 Å². The average molecular weight is 341 g/mol. The van der Waals surface area contributed by atoms with Crippen LogP contribution in [0.3, 0.4) is 0 Å². The van der Waals surface area contributed by atoms with Crippen molar-refractivity contribution in [2.24, 2.45) is 0 Å². The van der Waals surface area contributed by atoms with E-state index < -0.39 is 0 Å². The highest BCUT2D eigenvalue weighted by atomic mass is 16.5. The van der Waals surface area contributed by atoms with Gasteiger partial charge in [0.25, 0.3) is 0 Å². The molecule has 1 N–H and O–H groups in total. The van der Waals surface area contributed by atoms with Gasteiger partial charge in [0.1, 0.15) is 5.75 Å². The Bertz CT molecular complexity index is 751. The van der Waals surface area contributed by atoms with E-state index in [0.29, 0.717) is 23.8 Å². The second-order valence-corrected chi connectivity index (χ2v) is 5.48. The van der Waals surface area contributed by atoms with Crippen molar-refractivity contribution in [1.29, 1.82) is 0 Å². The van der Waals surface area contributed by atoms with Crippen LogP contribution >= 0.6 is 0 Å². The molecule has 1 amide bonds. The molecule has 0 atom stereocenters. The van der Waals surface area contributed by atoms with Crippen molar-refractivity contribution >= 4 is 12.0 Å². The molecule has 0 aromatic heterocycles. The third-order valence-corrected chi connectivity index (χ3v) is 3.74. The summed E-state index contributed by atoms with van der Waals surface area (Å²) in [5, 5.41) is 2.84. The summed E-state index contributed by atoms with van der Waals surface area (Å²) in [5.74, 6) is 1.61. The van der Waals surface area contributed by atoms with E-state index in [-0.39, 0.29) is 5.91 Å². The molecule has 0 aliphatic heterocycles. The number of carbonyl (C=O) groups excluding carboxylic acids is 1. The van der Waals surface area contributed by atoms with Crippen LogP contribution in [0.1, 0.15) is 16.7 Å². The van der Waals surface area contributed by atoms with Crippen LogP contribution in [0.15, 0.2) is 42.5 Å². The maximum Gasteiger partial charge on any atom is 0.244 e. The average Bonchev–Trinajstić information content (AvgIpc) is 2.65. The summed E-state index contributed by atoms with van der Waals surface area (Å²) in [5.41, 5.74) is 2.96. The molecule has 0 spiro atoms. The Morgan fingerprint density at radius 3 is 2.16 bits per heavy atom. The molecule has 5 nitrogen and oxygen atoms in total. The molecule has 0 fully saturated rings. The number of benzene rings is 2. The van der Waals surface area contributed by atoms with E-state index in [0.717, 1.165) is 11.1 Å². The molecule has 25 heavy (non-hydrogen) atoms. The van der Waals surface area contributed by atoms with Gasteiger partial charge in [-0.25, -0.2) is 0 Å². The van der Waals surface area contributed by atoms with Crippen LogP contribution in [-0.4, -0.2) is 27.2 Å². The lowest BCUT2D eigenvalue weighted by atomic mass is 10.1. The molecule has 5 heteroatoms. The smallest absolute Gasteiger partial charge is 0.244 e. The first-order valence-corrected chi connectivity index (χ1v) is 7.89. The molecule has 0 aliphatic rings. The summed E-state index contributed by atoms with van der Waals surface area (Å²) < 4.78 is 15.9. The number of aryl methyl sites for hydroxylation is 1. The van der Waals surface area contributed by atoms with E-state index in [1.165, 1.54) is 11.6 Å². The predicted molar refractivity (Wildman–Crippen MR) is 98.2 cm³/mol. The fourth-order valence-corrected chi connectivity index (χ4v) is 2.32. The number of amides is 1. The number of carbonyl (C=O) groups is 1. The van der Waals surface area contributed by atoms with E-state index in [1.807, 2.05) is 31.2 Å². The highest BCUT2D eigenvalue weighted by Gasteiger charge is 2.12. The summed E-state index contributed by atoms with van der Waals surface area (Å²) >= 11 is 0. The summed E-state index contributed by atoms with van der Waals surface area (Å²) in [4.78, 5) is 12.0. The van der Waals surface area contributed by atoms with Crippen molar-refractivity contribution in [3.63, 3.8) is 0 Å². The second-order valence-electron chi connectivity index (χ2n) is 5.48. The molecule has 0 aliphatic carbocycles. The van der Waals surface area contributed by atoms with Gasteiger partial charge in [-0.1, -0.05) is 29.8 Å². The maximum atomic E-state index is 12.0. The van der Waals surface area contributed by atoms with Gasteiger partial charge in [0.15, 0.2) is 11.5 Å². The van der Waals surface area contributed by atoms with E-state index >= 15 is 0 Å². The molecule has 0 heterocycles. The fraction of sp³-hybridized carbons (Fsp3) is 0.250. The predicted octanol–water partition coefficient (Wildman–Crippen LogP) is 3.35. The number of methoxy groups -OCH3 is 3. The first-order chi connectivity index (χ1) is 12.1. The molecule has 2 aromatic carbocycles. The first kappa shape index (κ1) is 18.4. The lowest BCUT2D eigenvalue weighted by molar-refractivity contribution is -0.116. The Morgan fingerprint density at radius 2 is 1.56 bits per heavy atom. The number of hydrogen-bond donors (Lipinski definition) is 1. The van der Waals surface area contributed by atoms with Crippen LogP contribution in [-0.2, 0) is 11.3 Å². The molecule has 132 valence electrons. The van der Waals surface area contributed by atoms with Crippen molar-refractivity contribution in [3.05, 3.63) is 59.2 Å². The minimum Gasteiger partial charge on any atom is -0.496 e. The minimum atomic E-state index is -0.183. The third-order valence-electron chi connectivity index (χ3n) is 3.74. The van der Waals surface area contributed by atoms with Gasteiger partial charge in [0.2, 0.25) is 5.91 Å². The van der Waals surface area contributed by atoms with E-state index in [9.17, 15) is 4.79 Å². The largest absolute Gasteiger partial charge is 0.496 e. The molecule has 0 unspecified atom stereocenters. The van der Waals surface area contributed by atoms with Crippen molar-refractivity contribution in [2.75, 3.05) is 21.3 Å². The summed E-state index contributed by atoms with van der Waals surface area (Å²) in [6.07, 6.45) is 3.29. The van der Waals surface area contributed by atoms with Crippen molar-refractivity contribution in [3.8, 4) is 17.2 Å². The topological polar surface area (TPSA) is 56.8 Å². The second kappa shape index (κ2) is 8.78. The van der Waals surface area contributed by atoms with Crippen LogP contribution in [0.4, 0.5) is 0 Å². The van der Waals surface area contributed by atoms with Crippen LogP contribution in [0.2, 0.25) is 0 Å². The highest BCUT2D eigenvalue weighted by molar-refractivity contribution is 5.91. The maximum absolute atomic E-state index is 12.0. The number of ether oxygens (including phenoxy) is 3. The van der Waals surface area contributed by atoms with E-state index in [2.05, 4.69) is 5.32 Å². The summed E-state index contributed by atoms with van der Waals surface area (Å²) in [6.45, 7) is 2.34. The Balaban J connectivity index is 2.04. The molecule has 0 radical (unpaired) electrons. The fourth-order valence-electron chi connectivity index (χ4n) is 2.32. The molecular weight excluding hydrogens is 318 g/mol. The van der Waals surface area contributed by atoms with Gasteiger partial charge in [0, 0.05) is 24.3 Å². The quantitative estimate of drug-likeness (QED) is 0.785. The third kappa shape index (κ3) is 5.01. The standard InChI is InChI=1S/C20H23NO4/c1-14-5-7-15(8-6-14)9-10-20(22)21-13-16-11-18(24-3)19(25-4)12-17(16)23-2/h5-12H,13H2,1-4H3,(H,21,22)/b10-9+. The molecule has 0 bridgehead atoms. The monoisotopic (exact) mass is 341 g/mol. The number of rotatable bonds is 7. The van der Waals surface area contributed by atoms with Crippen molar-refractivity contribution in [1.82, 2.24) is 5.32 Å². The Hall–Kier alpha value is -2.95. The van der Waals surface area contributed by atoms with Gasteiger partial charge in [-0.3, -0.25) is 4.79 Å². The lowest BCUT2D eigenvalue weighted by Crippen LogP contribution is -2.20. The Morgan fingerprint density at radius 1 is 0.960 bits per heavy atom. The van der Waals surface area contributed by atoms with Gasteiger partial charge < -0.3 is 19.5 Å². The zero-order chi connectivity index (χ0) is 18.2. The summed E-state index contributed by atoms with van der Waals surface area (Å²) in [6, 6.07) is 11.5. The SMILES string of the molecule is COc1cc(OC)c(OC)cc1CNC(=O)/C=C/c1ccc(C)cc1. The Kier molecular flexibility index (Phi) is 6.46. The first-order valence-electron chi connectivity index (χ1n) is 7.89. The summed E-state index contributed by atoms with van der Waals surface area (Å²) in [7, 11) is 4.70. The molecule has 0 saturated carbocycles. The van der Waals surface area contributed by atoms with Gasteiger partial charge in [0.05, 0.1) is 21.3 Å². The Labute approximate surface area is 148 Å². The molecule has 2 aromatic rings.